The van der Waals surface area contributed by atoms with Crippen molar-refractivity contribution in [3.8, 4) is 0 Å². The molecule has 0 bridgehead atoms. The average molecular weight is 238 g/mol. The van der Waals surface area contributed by atoms with Crippen LogP contribution in [0, 0.1) is 17.8 Å². The van der Waals surface area contributed by atoms with Crippen molar-refractivity contribution in [2.75, 3.05) is 19.6 Å². The fraction of sp³-hybridized carbons (Fsp3) is 1.00. The van der Waals surface area contributed by atoms with Crippen LogP contribution in [0.3, 0.4) is 0 Å². The molecule has 0 aromatic rings. The number of hydrogen-bond acceptors (Lipinski definition) is 2. The molecule has 2 aliphatic rings. The van der Waals surface area contributed by atoms with E-state index in [0.29, 0.717) is 5.54 Å². The number of hydrogen-bond donors (Lipinski definition) is 1. The van der Waals surface area contributed by atoms with Gasteiger partial charge in [-0.25, -0.2) is 0 Å². The van der Waals surface area contributed by atoms with Crippen molar-refractivity contribution in [2.24, 2.45) is 23.5 Å². The Morgan fingerprint density at radius 2 is 1.82 bits per heavy atom. The highest BCUT2D eigenvalue weighted by Crippen LogP contribution is 2.46. The molecule has 1 aliphatic carbocycles. The average Bonchev–Trinajstić information content (AvgIpc) is 2.29. The molecule has 2 heteroatoms. The highest BCUT2D eigenvalue weighted by Gasteiger charge is 2.48. The van der Waals surface area contributed by atoms with E-state index < -0.39 is 0 Å². The van der Waals surface area contributed by atoms with Gasteiger partial charge in [-0.15, -0.1) is 0 Å². The fourth-order valence-corrected chi connectivity index (χ4v) is 3.76. The van der Waals surface area contributed by atoms with Gasteiger partial charge in [-0.1, -0.05) is 27.2 Å². The van der Waals surface area contributed by atoms with Crippen LogP contribution in [0.1, 0.15) is 52.9 Å². The summed E-state index contributed by atoms with van der Waals surface area (Å²) in [6, 6.07) is 0. The van der Waals surface area contributed by atoms with Crippen molar-refractivity contribution in [2.45, 2.75) is 58.4 Å². The lowest BCUT2D eigenvalue weighted by Gasteiger charge is -2.57. The summed E-state index contributed by atoms with van der Waals surface area (Å²) in [6.45, 7) is 10.5. The van der Waals surface area contributed by atoms with E-state index in [1.54, 1.807) is 0 Å². The van der Waals surface area contributed by atoms with E-state index in [2.05, 4.69) is 25.7 Å². The molecule has 0 radical (unpaired) electrons. The van der Waals surface area contributed by atoms with Crippen molar-refractivity contribution < 1.29 is 0 Å². The van der Waals surface area contributed by atoms with Crippen LogP contribution in [0.4, 0.5) is 0 Å². The van der Waals surface area contributed by atoms with Gasteiger partial charge in [-0.2, -0.15) is 0 Å². The van der Waals surface area contributed by atoms with Crippen LogP contribution in [0.5, 0.6) is 0 Å². The molecule has 2 rings (SSSR count). The normalized spacial score (nSPS) is 36.2. The van der Waals surface area contributed by atoms with Crippen LogP contribution in [0.25, 0.3) is 0 Å². The minimum absolute atomic E-state index is 0.383. The van der Waals surface area contributed by atoms with E-state index in [4.69, 9.17) is 5.73 Å². The van der Waals surface area contributed by atoms with Gasteiger partial charge in [0.1, 0.15) is 0 Å². The zero-order valence-electron chi connectivity index (χ0n) is 11.9. The minimum atomic E-state index is 0.383. The monoisotopic (exact) mass is 238 g/mol. The Hall–Kier alpha value is -0.0800. The van der Waals surface area contributed by atoms with Gasteiger partial charge in [0.15, 0.2) is 0 Å². The molecule has 2 N–H and O–H groups in total. The predicted molar refractivity (Wildman–Crippen MR) is 73.9 cm³/mol. The molecule has 0 spiro atoms. The highest BCUT2D eigenvalue weighted by atomic mass is 15.2. The number of nitrogens with zero attached hydrogens (tertiary/aromatic N) is 1. The summed E-state index contributed by atoms with van der Waals surface area (Å²) in [4.78, 5) is 2.72. The lowest BCUT2D eigenvalue weighted by molar-refractivity contribution is -0.0514. The van der Waals surface area contributed by atoms with Gasteiger partial charge in [0, 0.05) is 12.1 Å². The summed E-state index contributed by atoms with van der Waals surface area (Å²) in [5.74, 6) is 2.73. The van der Waals surface area contributed by atoms with Crippen molar-refractivity contribution in [1.29, 1.82) is 0 Å². The van der Waals surface area contributed by atoms with E-state index in [9.17, 15) is 0 Å². The molecule has 1 saturated heterocycles. The molecule has 1 heterocycles. The smallest absolute Gasteiger partial charge is 0.0337 e. The Kier molecular flexibility index (Phi) is 4.14. The summed E-state index contributed by atoms with van der Waals surface area (Å²) >= 11 is 0. The van der Waals surface area contributed by atoms with Gasteiger partial charge < -0.3 is 5.73 Å². The molecule has 2 nitrogen and oxygen atoms in total. The molecule has 0 atom stereocenters. The number of likely N-dealkylation sites (tertiary alicyclic amines) is 1. The van der Waals surface area contributed by atoms with Gasteiger partial charge in [-0.3, -0.25) is 4.90 Å². The van der Waals surface area contributed by atoms with Crippen LogP contribution in [0.2, 0.25) is 0 Å². The minimum Gasteiger partial charge on any atom is -0.329 e. The van der Waals surface area contributed by atoms with Crippen molar-refractivity contribution in [1.82, 2.24) is 4.90 Å². The summed E-state index contributed by atoms with van der Waals surface area (Å²) in [7, 11) is 0. The van der Waals surface area contributed by atoms with Gasteiger partial charge in [-0.05, 0) is 56.5 Å². The maximum absolute atomic E-state index is 6.09. The molecule has 0 unspecified atom stereocenters. The molecular weight excluding hydrogens is 208 g/mol. The SMILES string of the molecule is CCC1CCN(C2(CN)CC(C(C)C)C2)CC1. The summed E-state index contributed by atoms with van der Waals surface area (Å²) in [6.07, 6.45) is 6.84. The second kappa shape index (κ2) is 5.27. The van der Waals surface area contributed by atoms with E-state index in [1.165, 1.54) is 45.2 Å². The van der Waals surface area contributed by atoms with E-state index in [1.807, 2.05) is 0 Å². The Balaban J connectivity index is 1.88. The first-order valence-electron chi connectivity index (χ1n) is 7.56. The third-order valence-electron chi connectivity index (χ3n) is 5.47. The standard InChI is InChI=1S/C15H30N2/c1-4-13-5-7-17(8-6-13)15(11-16)9-14(10-15)12(2)3/h12-14H,4-11,16H2,1-3H3. The second-order valence-electron chi connectivity index (χ2n) is 6.68. The number of rotatable bonds is 4. The largest absolute Gasteiger partial charge is 0.329 e. The molecule has 0 amide bonds. The summed E-state index contributed by atoms with van der Waals surface area (Å²) < 4.78 is 0. The van der Waals surface area contributed by atoms with Crippen LogP contribution in [0.15, 0.2) is 0 Å². The molecule has 1 aliphatic heterocycles. The second-order valence-corrected chi connectivity index (χ2v) is 6.68. The summed E-state index contributed by atoms with van der Waals surface area (Å²) in [5.41, 5.74) is 6.47. The Morgan fingerprint density at radius 3 is 2.24 bits per heavy atom. The van der Waals surface area contributed by atoms with Gasteiger partial charge in [0.2, 0.25) is 0 Å². The molecule has 100 valence electrons. The predicted octanol–water partition coefficient (Wildman–Crippen LogP) is 2.87. The Labute approximate surface area is 107 Å². The van der Waals surface area contributed by atoms with E-state index in [-0.39, 0.29) is 0 Å². The van der Waals surface area contributed by atoms with Crippen molar-refractivity contribution >= 4 is 0 Å². The zero-order chi connectivity index (χ0) is 12.5. The van der Waals surface area contributed by atoms with Crippen LogP contribution in [-0.4, -0.2) is 30.1 Å². The number of nitrogens with two attached hydrogens (primary N) is 1. The van der Waals surface area contributed by atoms with Crippen LogP contribution >= 0.6 is 0 Å². The Bertz CT molecular complexity index is 235. The number of piperidine rings is 1. The van der Waals surface area contributed by atoms with Crippen molar-refractivity contribution in [3.63, 3.8) is 0 Å². The summed E-state index contributed by atoms with van der Waals surface area (Å²) in [5, 5.41) is 0. The quantitative estimate of drug-likeness (QED) is 0.816. The first-order valence-corrected chi connectivity index (χ1v) is 7.56. The molecule has 0 aromatic carbocycles. The topological polar surface area (TPSA) is 29.3 Å². The lowest BCUT2D eigenvalue weighted by Crippen LogP contribution is -2.63. The fourth-order valence-electron chi connectivity index (χ4n) is 3.76. The van der Waals surface area contributed by atoms with Crippen molar-refractivity contribution in [3.05, 3.63) is 0 Å². The maximum Gasteiger partial charge on any atom is 0.0337 e. The molecule has 0 aromatic heterocycles. The molecule has 2 fully saturated rings. The maximum atomic E-state index is 6.09. The third-order valence-corrected chi connectivity index (χ3v) is 5.47. The highest BCUT2D eigenvalue weighted by molar-refractivity contribution is 5.04. The first-order chi connectivity index (χ1) is 8.11. The molecule has 17 heavy (non-hydrogen) atoms. The van der Waals surface area contributed by atoms with Gasteiger partial charge in [0.25, 0.3) is 0 Å². The lowest BCUT2D eigenvalue weighted by atomic mass is 9.62. The Morgan fingerprint density at radius 1 is 1.24 bits per heavy atom. The molecular formula is C15H30N2. The first kappa shape index (κ1) is 13.4. The zero-order valence-corrected chi connectivity index (χ0v) is 11.9. The van der Waals surface area contributed by atoms with Gasteiger partial charge in [0.05, 0.1) is 0 Å². The van der Waals surface area contributed by atoms with Crippen LogP contribution in [-0.2, 0) is 0 Å². The van der Waals surface area contributed by atoms with E-state index >= 15 is 0 Å². The van der Waals surface area contributed by atoms with E-state index in [0.717, 1.165) is 24.3 Å². The third kappa shape index (κ3) is 2.53. The molecule has 1 saturated carbocycles. The van der Waals surface area contributed by atoms with Crippen LogP contribution < -0.4 is 5.73 Å². The van der Waals surface area contributed by atoms with Gasteiger partial charge >= 0.3 is 0 Å².